The molecule has 6 heteroatoms. The molecular formula is C15H22F2N2O2. The fraction of sp³-hybridized carbons (Fsp3) is 0.600. The Bertz CT molecular complexity index is 451. The molecule has 0 amide bonds. The van der Waals surface area contributed by atoms with Crippen molar-refractivity contribution in [2.75, 3.05) is 32.8 Å². The van der Waals surface area contributed by atoms with E-state index in [-0.39, 0.29) is 18.2 Å². The molecule has 0 bridgehead atoms. The minimum atomic E-state index is -2.37. The van der Waals surface area contributed by atoms with Crippen LogP contribution in [0.2, 0.25) is 0 Å². The van der Waals surface area contributed by atoms with E-state index in [0.717, 1.165) is 31.7 Å². The zero-order valence-electron chi connectivity index (χ0n) is 12.2. The van der Waals surface area contributed by atoms with E-state index in [4.69, 9.17) is 4.74 Å². The van der Waals surface area contributed by atoms with Crippen molar-refractivity contribution >= 4 is 0 Å². The molecule has 1 aromatic carbocycles. The van der Waals surface area contributed by atoms with E-state index < -0.39 is 6.43 Å². The Kier molecular flexibility index (Phi) is 5.76. The van der Waals surface area contributed by atoms with Crippen LogP contribution in [0, 0.1) is 0 Å². The summed E-state index contributed by atoms with van der Waals surface area (Å²) in [5, 5.41) is 13.0. The summed E-state index contributed by atoms with van der Waals surface area (Å²) in [6, 6.07) is 4.54. The number of phenols is 1. The SMILES string of the molecule is CCOc1cc([C@@H](CC(F)F)N2CCNCC2)ccc1O. The minimum absolute atomic E-state index is 0.0386. The summed E-state index contributed by atoms with van der Waals surface area (Å²) in [4.78, 5) is 2.06. The van der Waals surface area contributed by atoms with Gasteiger partial charge in [-0.15, -0.1) is 0 Å². The maximum Gasteiger partial charge on any atom is 0.240 e. The number of hydrogen-bond donors (Lipinski definition) is 2. The molecule has 0 aliphatic carbocycles. The van der Waals surface area contributed by atoms with Crippen molar-refractivity contribution < 1.29 is 18.6 Å². The zero-order valence-corrected chi connectivity index (χ0v) is 12.2. The highest BCUT2D eigenvalue weighted by molar-refractivity contribution is 5.42. The summed E-state index contributed by atoms with van der Waals surface area (Å²) in [7, 11) is 0. The lowest BCUT2D eigenvalue weighted by Crippen LogP contribution is -2.45. The highest BCUT2D eigenvalue weighted by atomic mass is 19.3. The van der Waals surface area contributed by atoms with Crippen LogP contribution < -0.4 is 10.1 Å². The molecule has 1 fully saturated rings. The van der Waals surface area contributed by atoms with E-state index in [1.807, 2.05) is 6.92 Å². The molecule has 4 nitrogen and oxygen atoms in total. The molecule has 0 radical (unpaired) electrons. The van der Waals surface area contributed by atoms with Crippen LogP contribution in [0.25, 0.3) is 0 Å². The number of aromatic hydroxyl groups is 1. The second kappa shape index (κ2) is 7.56. The largest absolute Gasteiger partial charge is 0.504 e. The van der Waals surface area contributed by atoms with Gasteiger partial charge in [-0.25, -0.2) is 8.78 Å². The Balaban J connectivity index is 2.24. The molecule has 1 aliphatic heterocycles. The van der Waals surface area contributed by atoms with Crippen LogP contribution in [0.1, 0.15) is 24.9 Å². The van der Waals surface area contributed by atoms with E-state index in [9.17, 15) is 13.9 Å². The molecule has 118 valence electrons. The number of hydrogen-bond acceptors (Lipinski definition) is 4. The normalized spacial score (nSPS) is 17.9. The third kappa shape index (κ3) is 4.28. The lowest BCUT2D eigenvalue weighted by Gasteiger charge is -2.35. The van der Waals surface area contributed by atoms with Gasteiger partial charge in [-0.3, -0.25) is 4.90 Å². The molecule has 1 aliphatic rings. The predicted molar refractivity (Wildman–Crippen MR) is 77.1 cm³/mol. The third-order valence-electron chi connectivity index (χ3n) is 3.66. The summed E-state index contributed by atoms with van der Waals surface area (Å²) in [5.74, 6) is 0.390. The zero-order chi connectivity index (χ0) is 15.2. The molecule has 2 rings (SSSR count). The minimum Gasteiger partial charge on any atom is -0.504 e. The quantitative estimate of drug-likeness (QED) is 0.847. The summed E-state index contributed by atoms with van der Waals surface area (Å²) in [6.45, 7) is 5.32. The smallest absolute Gasteiger partial charge is 0.240 e. The van der Waals surface area contributed by atoms with Gasteiger partial charge in [0.05, 0.1) is 6.61 Å². The summed E-state index contributed by atoms with van der Waals surface area (Å²) >= 11 is 0. The number of piperazine rings is 1. The standard InChI is InChI=1S/C15H22F2N2O2/c1-2-21-14-9-11(3-4-13(14)20)12(10-15(16)17)19-7-5-18-6-8-19/h3-4,9,12,15,18,20H,2,5-8,10H2,1H3/t12-/m1/s1. The number of benzene rings is 1. The van der Waals surface area contributed by atoms with Gasteiger partial charge >= 0.3 is 0 Å². The Morgan fingerprint density at radius 2 is 2.05 bits per heavy atom. The molecule has 0 spiro atoms. The van der Waals surface area contributed by atoms with Gasteiger partial charge in [-0.05, 0) is 24.6 Å². The molecule has 21 heavy (non-hydrogen) atoms. The van der Waals surface area contributed by atoms with Crippen molar-refractivity contribution in [2.24, 2.45) is 0 Å². The van der Waals surface area contributed by atoms with Gasteiger partial charge in [0.2, 0.25) is 6.43 Å². The van der Waals surface area contributed by atoms with Crippen molar-refractivity contribution in [1.29, 1.82) is 0 Å². The maximum absolute atomic E-state index is 12.9. The van der Waals surface area contributed by atoms with Crippen LogP contribution in [0.4, 0.5) is 8.78 Å². The molecule has 2 N–H and O–H groups in total. The van der Waals surface area contributed by atoms with Crippen LogP contribution in [0.5, 0.6) is 11.5 Å². The molecule has 0 aromatic heterocycles. The number of nitrogens with one attached hydrogen (secondary N) is 1. The van der Waals surface area contributed by atoms with Crippen LogP contribution in [0.3, 0.4) is 0 Å². The molecular weight excluding hydrogens is 278 g/mol. The Morgan fingerprint density at radius 3 is 2.67 bits per heavy atom. The van der Waals surface area contributed by atoms with Crippen molar-refractivity contribution in [3.05, 3.63) is 23.8 Å². The van der Waals surface area contributed by atoms with Gasteiger partial charge in [0.25, 0.3) is 0 Å². The van der Waals surface area contributed by atoms with E-state index in [2.05, 4.69) is 10.2 Å². The number of ether oxygens (including phenoxy) is 1. The first-order valence-corrected chi connectivity index (χ1v) is 7.30. The number of nitrogens with zero attached hydrogens (tertiary/aromatic N) is 1. The van der Waals surface area contributed by atoms with E-state index >= 15 is 0 Å². The third-order valence-corrected chi connectivity index (χ3v) is 3.66. The van der Waals surface area contributed by atoms with Gasteiger partial charge in [0.1, 0.15) is 0 Å². The molecule has 0 saturated carbocycles. The van der Waals surface area contributed by atoms with E-state index in [0.29, 0.717) is 12.4 Å². The fourth-order valence-electron chi connectivity index (χ4n) is 2.67. The average molecular weight is 300 g/mol. The van der Waals surface area contributed by atoms with Crippen LogP contribution in [0.15, 0.2) is 18.2 Å². The van der Waals surface area contributed by atoms with Crippen molar-refractivity contribution in [1.82, 2.24) is 10.2 Å². The predicted octanol–water partition coefficient (Wildman–Crippen LogP) is 2.39. The first-order valence-electron chi connectivity index (χ1n) is 7.30. The summed E-state index contributed by atoms with van der Waals surface area (Å²) < 4.78 is 31.2. The molecule has 1 aromatic rings. The van der Waals surface area contributed by atoms with Crippen LogP contribution >= 0.6 is 0 Å². The lowest BCUT2D eigenvalue weighted by molar-refractivity contribution is 0.0738. The lowest BCUT2D eigenvalue weighted by atomic mass is 10.0. The second-order valence-electron chi connectivity index (χ2n) is 5.09. The van der Waals surface area contributed by atoms with Gasteiger partial charge < -0.3 is 15.2 Å². The number of rotatable bonds is 6. The van der Waals surface area contributed by atoms with Crippen LogP contribution in [-0.4, -0.2) is 49.2 Å². The average Bonchev–Trinajstić information content (AvgIpc) is 2.48. The first kappa shape index (κ1) is 16.0. The highest BCUT2D eigenvalue weighted by Crippen LogP contribution is 2.34. The highest BCUT2D eigenvalue weighted by Gasteiger charge is 2.26. The number of phenolic OH excluding ortho intramolecular Hbond substituents is 1. The topological polar surface area (TPSA) is 44.7 Å². The van der Waals surface area contributed by atoms with Gasteiger partial charge in [0.15, 0.2) is 11.5 Å². The van der Waals surface area contributed by atoms with E-state index in [1.165, 1.54) is 6.07 Å². The Hall–Kier alpha value is -1.40. The van der Waals surface area contributed by atoms with Gasteiger partial charge in [-0.2, -0.15) is 0 Å². The fourth-order valence-corrected chi connectivity index (χ4v) is 2.67. The summed E-state index contributed by atoms with van der Waals surface area (Å²) in [5.41, 5.74) is 0.762. The Labute approximate surface area is 123 Å². The number of alkyl halides is 2. The van der Waals surface area contributed by atoms with Crippen LogP contribution in [-0.2, 0) is 0 Å². The number of halogens is 2. The molecule has 0 unspecified atom stereocenters. The molecule has 1 saturated heterocycles. The monoisotopic (exact) mass is 300 g/mol. The van der Waals surface area contributed by atoms with Crippen molar-refractivity contribution in [3.8, 4) is 11.5 Å². The Morgan fingerprint density at radius 1 is 1.33 bits per heavy atom. The molecule has 1 atom stereocenters. The first-order chi connectivity index (χ1) is 10.1. The van der Waals surface area contributed by atoms with Crippen molar-refractivity contribution in [2.45, 2.75) is 25.8 Å². The molecule has 1 heterocycles. The van der Waals surface area contributed by atoms with Gasteiger partial charge in [0, 0.05) is 38.6 Å². The van der Waals surface area contributed by atoms with Crippen molar-refractivity contribution in [3.63, 3.8) is 0 Å². The van der Waals surface area contributed by atoms with Gasteiger partial charge in [-0.1, -0.05) is 6.07 Å². The summed E-state index contributed by atoms with van der Waals surface area (Å²) in [6.07, 6.45) is -2.58. The maximum atomic E-state index is 12.9. The van der Waals surface area contributed by atoms with E-state index in [1.54, 1.807) is 12.1 Å². The second-order valence-corrected chi connectivity index (χ2v) is 5.09.